The Labute approximate surface area is 171 Å². The first-order valence-corrected chi connectivity index (χ1v) is 9.13. The van der Waals surface area contributed by atoms with E-state index in [9.17, 15) is 13.6 Å². The van der Waals surface area contributed by atoms with Crippen molar-refractivity contribution >= 4 is 23.2 Å². The number of nitrogens with zero attached hydrogens (tertiary/aromatic N) is 2. The maximum Gasteiger partial charge on any atom is 0.387 e. The molecule has 3 aromatic rings. The second-order valence-corrected chi connectivity index (χ2v) is 6.35. The summed E-state index contributed by atoms with van der Waals surface area (Å²) in [6.45, 7) is -0.604. The van der Waals surface area contributed by atoms with Crippen molar-refractivity contribution in [1.29, 1.82) is 0 Å². The van der Waals surface area contributed by atoms with Crippen LogP contribution in [0.15, 0.2) is 54.9 Å². The lowest BCUT2D eigenvalue weighted by molar-refractivity contribution is -0.0514. The number of alkyl halides is 2. The second kappa shape index (κ2) is 9.38. The van der Waals surface area contributed by atoms with Crippen molar-refractivity contribution in [2.45, 2.75) is 20.1 Å². The molecule has 1 heterocycles. The molecule has 2 aromatic carbocycles. The third-order valence-electron chi connectivity index (χ3n) is 3.90. The van der Waals surface area contributed by atoms with Crippen molar-refractivity contribution in [2.75, 3.05) is 11.9 Å². The van der Waals surface area contributed by atoms with E-state index in [1.165, 1.54) is 24.4 Å². The first-order valence-electron chi connectivity index (χ1n) is 8.75. The minimum atomic E-state index is -2.99. The number of hydrogen-bond acceptors (Lipinski definition) is 4. The fourth-order valence-electron chi connectivity index (χ4n) is 2.63. The SMILES string of the molecule is CCOc1cc(C(=O)Nc2cnn(Cc3ccccc3Cl)c2)ccc1OC(F)F. The molecule has 0 saturated heterocycles. The normalized spacial score (nSPS) is 10.8. The molecule has 0 atom stereocenters. The van der Waals surface area contributed by atoms with Crippen LogP contribution in [-0.4, -0.2) is 28.9 Å². The van der Waals surface area contributed by atoms with Crippen LogP contribution in [0.3, 0.4) is 0 Å². The molecule has 152 valence electrons. The van der Waals surface area contributed by atoms with E-state index in [0.29, 0.717) is 17.3 Å². The Morgan fingerprint density at radius 2 is 2.03 bits per heavy atom. The first-order chi connectivity index (χ1) is 14.0. The zero-order chi connectivity index (χ0) is 20.8. The molecule has 0 aliphatic heterocycles. The van der Waals surface area contributed by atoms with Crippen LogP contribution in [0.1, 0.15) is 22.8 Å². The molecule has 1 aromatic heterocycles. The molecule has 1 N–H and O–H groups in total. The molecule has 6 nitrogen and oxygen atoms in total. The number of amides is 1. The molecule has 0 unspecified atom stereocenters. The number of nitrogens with one attached hydrogen (secondary N) is 1. The average molecular weight is 422 g/mol. The van der Waals surface area contributed by atoms with E-state index in [1.807, 2.05) is 18.2 Å². The zero-order valence-corrected chi connectivity index (χ0v) is 16.2. The molecule has 0 saturated carbocycles. The molecule has 0 bridgehead atoms. The van der Waals surface area contributed by atoms with Gasteiger partial charge in [0.15, 0.2) is 11.5 Å². The van der Waals surface area contributed by atoms with E-state index in [1.54, 1.807) is 23.9 Å². The quantitative estimate of drug-likeness (QED) is 0.565. The topological polar surface area (TPSA) is 65.4 Å². The van der Waals surface area contributed by atoms with Gasteiger partial charge in [-0.05, 0) is 36.8 Å². The number of carbonyl (C=O) groups is 1. The average Bonchev–Trinajstić information content (AvgIpc) is 3.11. The van der Waals surface area contributed by atoms with Gasteiger partial charge in [0.1, 0.15) is 0 Å². The Balaban J connectivity index is 1.71. The van der Waals surface area contributed by atoms with Crippen LogP contribution in [0.2, 0.25) is 5.02 Å². The third-order valence-corrected chi connectivity index (χ3v) is 4.27. The summed E-state index contributed by atoms with van der Waals surface area (Å²) in [5, 5.41) is 7.55. The predicted molar refractivity (Wildman–Crippen MR) is 105 cm³/mol. The molecule has 0 radical (unpaired) electrons. The van der Waals surface area contributed by atoms with Gasteiger partial charge in [-0.2, -0.15) is 13.9 Å². The summed E-state index contributed by atoms with van der Waals surface area (Å²) in [7, 11) is 0. The van der Waals surface area contributed by atoms with E-state index in [-0.39, 0.29) is 23.7 Å². The summed E-state index contributed by atoms with van der Waals surface area (Å²) in [6, 6.07) is 11.4. The molecule has 9 heteroatoms. The highest BCUT2D eigenvalue weighted by Crippen LogP contribution is 2.30. The molecule has 29 heavy (non-hydrogen) atoms. The lowest BCUT2D eigenvalue weighted by Crippen LogP contribution is -2.12. The Morgan fingerprint density at radius 3 is 2.76 bits per heavy atom. The van der Waals surface area contributed by atoms with Crippen LogP contribution < -0.4 is 14.8 Å². The Hall–Kier alpha value is -3.13. The highest BCUT2D eigenvalue weighted by atomic mass is 35.5. The number of hydrogen-bond donors (Lipinski definition) is 1. The first kappa shape index (κ1) is 20.6. The van der Waals surface area contributed by atoms with E-state index in [0.717, 1.165) is 5.56 Å². The minimum absolute atomic E-state index is 0.0647. The molecule has 0 aliphatic rings. The Kier molecular flexibility index (Phi) is 6.66. The molecule has 0 aliphatic carbocycles. The molecule has 0 fully saturated rings. The smallest absolute Gasteiger partial charge is 0.387 e. The van der Waals surface area contributed by atoms with Gasteiger partial charge in [0.25, 0.3) is 5.91 Å². The zero-order valence-electron chi connectivity index (χ0n) is 15.4. The van der Waals surface area contributed by atoms with Gasteiger partial charge in [0.2, 0.25) is 0 Å². The number of rotatable bonds is 8. The minimum Gasteiger partial charge on any atom is -0.490 e. The van der Waals surface area contributed by atoms with Gasteiger partial charge in [0, 0.05) is 16.8 Å². The summed E-state index contributed by atoms with van der Waals surface area (Å²) in [5.41, 5.74) is 1.60. The fraction of sp³-hybridized carbons (Fsp3) is 0.200. The standard InChI is InChI=1S/C20H18ClF2N3O3/c1-2-28-18-9-13(7-8-17(18)29-20(22)23)19(27)25-15-10-24-26(12-15)11-14-5-3-4-6-16(14)21/h3-10,12,20H,2,11H2,1H3,(H,25,27). The maximum atomic E-state index is 12.5. The van der Waals surface area contributed by atoms with Gasteiger partial charge in [-0.1, -0.05) is 29.8 Å². The molecule has 1 amide bonds. The van der Waals surface area contributed by atoms with Crippen LogP contribution >= 0.6 is 11.6 Å². The summed E-state index contributed by atoms with van der Waals surface area (Å²) >= 11 is 6.15. The van der Waals surface area contributed by atoms with E-state index in [2.05, 4.69) is 15.2 Å². The monoisotopic (exact) mass is 421 g/mol. The van der Waals surface area contributed by atoms with Crippen molar-refractivity contribution in [3.05, 3.63) is 71.0 Å². The van der Waals surface area contributed by atoms with E-state index < -0.39 is 12.5 Å². The predicted octanol–water partition coefficient (Wildman–Crippen LogP) is 4.84. The van der Waals surface area contributed by atoms with E-state index >= 15 is 0 Å². The summed E-state index contributed by atoms with van der Waals surface area (Å²) in [5.74, 6) is -0.507. The van der Waals surface area contributed by atoms with Gasteiger partial charge in [-0.3, -0.25) is 9.48 Å². The summed E-state index contributed by atoms with van der Waals surface area (Å²) < 4.78 is 36.3. The van der Waals surface area contributed by atoms with Gasteiger partial charge >= 0.3 is 6.61 Å². The third kappa shape index (κ3) is 5.45. The van der Waals surface area contributed by atoms with Crippen molar-refractivity contribution in [3.8, 4) is 11.5 Å². The van der Waals surface area contributed by atoms with Crippen LogP contribution in [0, 0.1) is 0 Å². The fourth-order valence-corrected chi connectivity index (χ4v) is 2.83. The lowest BCUT2D eigenvalue weighted by atomic mass is 10.2. The number of halogens is 3. The van der Waals surface area contributed by atoms with Gasteiger partial charge in [-0.25, -0.2) is 0 Å². The highest BCUT2D eigenvalue weighted by Gasteiger charge is 2.15. The number of anilines is 1. The molecule has 3 rings (SSSR count). The maximum absolute atomic E-state index is 12.5. The van der Waals surface area contributed by atoms with Crippen LogP contribution in [0.5, 0.6) is 11.5 Å². The Morgan fingerprint density at radius 1 is 1.24 bits per heavy atom. The lowest BCUT2D eigenvalue weighted by Gasteiger charge is -2.12. The van der Waals surface area contributed by atoms with Crippen LogP contribution in [-0.2, 0) is 6.54 Å². The van der Waals surface area contributed by atoms with Crippen LogP contribution in [0.4, 0.5) is 14.5 Å². The van der Waals surface area contributed by atoms with Gasteiger partial charge in [0.05, 0.1) is 25.0 Å². The molecular weight excluding hydrogens is 404 g/mol. The number of carbonyl (C=O) groups excluding carboxylic acids is 1. The molecular formula is C20H18ClF2N3O3. The number of benzene rings is 2. The van der Waals surface area contributed by atoms with Crippen molar-refractivity contribution in [2.24, 2.45) is 0 Å². The molecule has 0 spiro atoms. The Bertz CT molecular complexity index is 995. The van der Waals surface area contributed by atoms with E-state index in [4.69, 9.17) is 16.3 Å². The summed E-state index contributed by atoms with van der Waals surface area (Å²) in [6.07, 6.45) is 3.17. The van der Waals surface area contributed by atoms with Crippen molar-refractivity contribution in [3.63, 3.8) is 0 Å². The van der Waals surface area contributed by atoms with Gasteiger partial charge < -0.3 is 14.8 Å². The second-order valence-electron chi connectivity index (χ2n) is 5.95. The number of aromatic nitrogens is 2. The highest BCUT2D eigenvalue weighted by molar-refractivity contribution is 6.31. The van der Waals surface area contributed by atoms with Crippen molar-refractivity contribution < 1.29 is 23.0 Å². The summed E-state index contributed by atoms with van der Waals surface area (Å²) in [4.78, 5) is 12.5. The van der Waals surface area contributed by atoms with Crippen LogP contribution in [0.25, 0.3) is 0 Å². The largest absolute Gasteiger partial charge is 0.490 e. The van der Waals surface area contributed by atoms with Crippen molar-refractivity contribution in [1.82, 2.24) is 9.78 Å². The van der Waals surface area contributed by atoms with Gasteiger partial charge in [-0.15, -0.1) is 0 Å². The number of ether oxygens (including phenoxy) is 2.